The Hall–Kier alpha value is -0.700. The molecule has 10 heteroatoms. The summed E-state index contributed by atoms with van der Waals surface area (Å²) in [6.45, 7) is -11.0. The molecule has 0 amide bonds. The third-order valence-electron chi connectivity index (χ3n) is 0. The lowest BCUT2D eigenvalue weighted by molar-refractivity contribution is 0.00734. The fourth-order valence-corrected chi connectivity index (χ4v) is 0. The molecule has 124 valence electrons. The van der Waals surface area contributed by atoms with Crippen LogP contribution in [0.2, 0.25) is 0 Å². The minimum atomic E-state index is -3.67. The normalized spacial score (nSPS) is 6.33. The van der Waals surface area contributed by atoms with Gasteiger partial charge in [-0.05, 0) is 0 Å². The number of hydrogen-bond acceptors (Lipinski definition) is 0. The van der Waals surface area contributed by atoms with Crippen molar-refractivity contribution in [1.29, 1.82) is 0 Å². The summed E-state index contributed by atoms with van der Waals surface area (Å²) >= 11 is 0. The fourth-order valence-electron chi connectivity index (χ4n) is 0. The van der Waals surface area contributed by atoms with Crippen LogP contribution < -0.4 is 0 Å². The van der Waals surface area contributed by atoms with Crippen LogP contribution in [-0.4, -0.2) is 27.2 Å². The predicted molar refractivity (Wildman–Crippen MR) is 55.3 cm³/mol. The van der Waals surface area contributed by atoms with E-state index < -0.39 is 20.0 Å². The zero-order valence-corrected chi connectivity index (χ0v) is 6.51. The topological polar surface area (TPSA) is 0 Å². The first kappa shape index (κ1) is 53.1. The van der Waals surface area contributed by atoms with Crippen LogP contribution in [-0.2, 0) is 0 Å². The van der Waals surface area contributed by atoms with Crippen molar-refractivity contribution in [2.75, 3.05) is 7.18 Å². The average Bonchev–Trinajstić information content (AvgIpc) is 1.86. The lowest BCUT2D eigenvalue weighted by atomic mass is 11.6. The van der Waals surface area contributed by atoms with Crippen LogP contribution in [0, 0.1) is 0 Å². The lowest BCUT2D eigenvalue weighted by Crippen LogP contribution is -1.65. The number of rotatable bonds is 0. The van der Waals surface area contributed by atoms with Gasteiger partial charge in [0.25, 0.3) is 0 Å². The van der Waals surface area contributed by atoms with Gasteiger partial charge in [-0.15, -0.1) is 0 Å². The highest BCUT2D eigenvalue weighted by Crippen LogP contribution is 1.88. The van der Waals surface area contributed by atoms with E-state index in [4.69, 9.17) is 0 Å². The second kappa shape index (κ2) is 55.4. The van der Waals surface area contributed by atoms with Gasteiger partial charge in [0.05, 0.1) is 7.18 Å². The van der Waals surface area contributed by atoms with Crippen molar-refractivity contribution in [3.63, 3.8) is 0 Å². The van der Waals surface area contributed by atoms with Crippen molar-refractivity contribution in [1.82, 2.24) is 0 Å². The number of alkyl halides is 10. The highest BCUT2D eigenvalue weighted by Gasteiger charge is 1.86. The molecule has 0 aromatic carbocycles. The summed E-state index contributed by atoms with van der Waals surface area (Å²) in [6, 6.07) is 0. The summed E-state index contributed by atoms with van der Waals surface area (Å²) in [6.07, 6.45) is 0. The summed E-state index contributed by atoms with van der Waals surface area (Å²) in [5.74, 6) is 0. The van der Waals surface area contributed by atoms with Crippen LogP contribution >= 0.6 is 0 Å². The number of halogens is 10. The molecule has 0 aliphatic rings. The third kappa shape index (κ3) is 6390. The van der Waals surface area contributed by atoms with Gasteiger partial charge in [0.1, 0.15) is 0 Å². The van der Waals surface area contributed by atoms with E-state index in [0.717, 1.165) is 0 Å². The average molecular weight is 308 g/mol. The summed E-state index contributed by atoms with van der Waals surface area (Å²) in [4.78, 5) is 0. The molecule has 0 aliphatic heterocycles. The Kier molecular flexibility index (Phi) is 164. The molecule has 0 nitrogen and oxygen atoms in total. The van der Waals surface area contributed by atoms with Crippen LogP contribution in [0.3, 0.4) is 0 Å². The van der Waals surface area contributed by atoms with Crippen LogP contribution in [0.25, 0.3) is 0 Å². The molecule has 0 rings (SSSR count). The maximum absolute atomic E-state index is 9.67. The molecule has 0 aromatic heterocycles. The first-order chi connectivity index (χ1) is 6.20. The van der Waals surface area contributed by atoms with Gasteiger partial charge in [-0.2, -0.15) is 39.5 Å². The molecule has 0 unspecified atom stereocenters. The van der Waals surface area contributed by atoms with Crippen molar-refractivity contribution in [2.24, 2.45) is 0 Å². The van der Waals surface area contributed by atoms with E-state index in [1.165, 1.54) is 0 Å². The third-order valence-corrected chi connectivity index (χ3v) is 0. The molecule has 0 spiro atoms. The Labute approximate surface area is 102 Å². The highest BCUT2D eigenvalue weighted by molar-refractivity contribution is 3.84. The van der Waals surface area contributed by atoms with Crippen LogP contribution in [0.1, 0.15) is 29.7 Å². The zero-order chi connectivity index (χ0) is 12.7. The molecular formula is C8H22F10. The largest absolute Gasteiger partial charge is 0.379 e. The van der Waals surface area contributed by atoms with E-state index in [0.29, 0.717) is 7.18 Å². The Bertz CT molecular complexity index is 46.4. The maximum Gasteiger partial charge on any atom is 0.379 e. The molecule has 0 radical (unpaired) electrons. The van der Waals surface area contributed by atoms with E-state index in [1.807, 2.05) is 0 Å². The van der Waals surface area contributed by atoms with Gasteiger partial charge < -0.3 is 0 Å². The Balaban J connectivity index is -0.0000000118. The Morgan fingerprint density at radius 3 is 0.389 bits per heavy atom. The minimum Gasteiger partial charge on any atom is -0.255 e. The van der Waals surface area contributed by atoms with Gasteiger partial charge in [0.15, 0.2) is 0 Å². The van der Waals surface area contributed by atoms with E-state index in [9.17, 15) is 43.9 Å². The quantitative estimate of drug-likeness (QED) is 0.439. The summed E-state index contributed by atoms with van der Waals surface area (Å²) in [7, 11) is 0.500. The first-order valence-corrected chi connectivity index (χ1v) is 2.34. The van der Waals surface area contributed by atoms with E-state index in [1.54, 1.807) is 0 Å². The molecule has 0 aliphatic carbocycles. The lowest BCUT2D eigenvalue weighted by Gasteiger charge is -1.65. The van der Waals surface area contributed by atoms with Gasteiger partial charge in [0.2, 0.25) is 0 Å². The SMILES string of the molecule is C.C.C.C.CF.FC(F)F.FC(F)F.FC(F)F. The van der Waals surface area contributed by atoms with Gasteiger partial charge >= 0.3 is 20.0 Å². The summed E-state index contributed by atoms with van der Waals surface area (Å²) < 4.78 is 96.5. The second-order valence-corrected chi connectivity index (χ2v) is 0.742. The van der Waals surface area contributed by atoms with E-state index in [2.05, 4.69) is 0 Å². The molecule has 0 saturated heterocycles. The van der Waals surface area contributed by atoms with Gasteiger partial charge in [-0.1, -0.05) is 29.7 Å². The van der Waals surface area contributed by atoms with Crippen LogP contribution in [0.5, 0.6) is 0 Å². The molecular weight excluding hydrogens is 286 g/mol. The maximum atomic E-state index is 9.67. The summed E-state index contributed by atoms with van der Waals surface area (Å²) in [5.41, 5.74) is 0. The van der Waals surface area contributed by atoms with Crippen molar-refractivity contribution in [3.8, 4) is 0 Å². The second-order valence-electron chi connectivity index (χ2n) is 0.742. The van der Waals surface area contributed by atoms with E-state index in [-0.39, 0.29) is 29.7 Å². The highest BCUT2D eigenvalue weighted by atomic mass is 19.4. The van der Waals surface area contributed by atoms with Gasteiger partial charge in [-0.25, -0.2) is 0 Å². The molecule has 0 atom stereocenters. The standard InChI is InChI=1S/3CHF3.CH3F.4CH4/c3*2-1(3)4;1-2;;;;/h3*1H;1H3;4*1H4. The van der Waals surface area contributed by atoms with Gasteiger partial charge in [0, 0.05) is 0 Å². The van der Waals surface area contributed by atoms with Gasteiger partial charge in [-0.3, -0.25) is 4.39 Å². The van der Waals surface area contributed by atoms with Crippen molar-refractivity contribution >= 4 is 0 Å². The molecule has 0 fully saturated rings. The summed E-state index contributed by atoms with van der Waals surface area (Å²) in [5, 5.41) is 0. The fraction of sp³-hybridized carbons (Fsp3) is 1.00. The molecule has 0 heterocycles. The molecule has 0 bridgehead atoms. The Morgan fingerprint density at radius 2 is 0.389 bits per heavy atom. The molecule has 18 heavy (non-hydrogen) atoms. The van der Waals surface area contributed by atoms with Crippen molar-refractivity contribution in [3.05, 3.63) is 0 Å². The predicted octanol–water partition coefficient (Wildman–Crippen LogP) is 6.67. The van der Waals surface area contributed by atoms with Crippen molar-refractivity contribution < 1.29 is 43.9 Å². The van der Waals surface area contributed by atoms with Crippen molar-refractivity contribution in [2.45, 2.75) is 49.7 Å². The molecule has 0 aromatic rings. The van der Waals surface area contributed by atoms with E-state index >= 15 is 0 Å². The zero-order valence-electron chi connectivity index (χ0n) is 6.51. The van der Waals surface area contributed by atoms with Crippen LogP contribution in [0.15, 0.2) is 0 Å². The monoisotopic (exact) mass is 308 g/mol. The molecule has 0 N–H and O–H groups in total. The first-order valence-electron chi connectivity index (χ1n) is 2.34. The Morgan fingerprint density at radius 1 is 0.389 bits per heavy atom. The number of hydrogen-bond donors (Lipinski definition) is 0. The molecule has 0 saturated carbocycles. The smallest absolute Gasteiger partial charge is 0.255 e. The van der Waals surface area contributed by atoms with Crippen LogP contribution in [0.4, 0.5) is 43.9 Å². The minimum absolute atomic E-state index is 0.